The fourth-order valence-electron chi connectivity index (χ4n) is 4.10. The number of nitrogens with zero attached hydrogens (tertiary/aromatic N) is 2. The van der Waals surface area contributed by atoms with Gasteiger partial charge in [-0.15, -0.1) is 6.10 Å². The summed E-state index contributed by atoms with van der Waals surface area (Å²) in [7, 11) is 3.81. The molecule has 0 aromatic heterocycles. The number of hydroxylamine groups is 3. The van der Waals surface area contributed by atoms with Crippen LogP contribution in [-0.2, 0) is 14.4 Å². The molecule has 3 rings (SSSR count). The van der Waals surface area contributed by atoms with Crippen LogP contribution in [0.4, 0.5) is 0 Å². The predicted molar refractivity (Wildman–Crippen MR) is 71.2 cm³/mol. The molecule has 0 radical (unpaired) electrons. The number of amides is 1. The first-order valence-corrected chi connectivity index (χ1v) is 7.61. The fourth-order valence-corrected chi connectivity index (χ4v) is 4.10. The number of carbonyl (C=O) groups is 2. The van der Waals surface area contributed by atoms with Gasteiger partial charge in [0, 0.05) is 18.3 Å². The summed E-state index contributed by atoms with van der Waals surface area (Å²) in [5, 5.41) is 23.3. The largest absolute Gasteiger partial charge is 1.00 e. The summed E-state index contributed by atoms with van der Waals surface area (Å²) in [4.78, 5) is 30.9. The van der Waals surface area contributed by atoms with Crippen molar-refractivity contribution in [2.45, 2.75) is 38.5 Å². The zero-order valence-electron chi connectivity index (χ0n) is 14.2. The third-order valence-electron chi connectivity index (χ3n) is 5.09. The van der Waals surface area contributed by atoms with Gasteiger partial charge in [-0.25, -0.2) is 0 Å². The number of carboxylic acid groups (broad SMARTS) is 1. The summed E-state index contributed by atoms with van der Waals surface area (Å²) in [5.41, 5.74) is 0.525. The fraction of sp³-hybridized carbons (Fsp3) is 0.733. The molecule has 0 bridgehead atoms. The van der Waals surface area contributed by atoms with E-state index in [-0.39, 0.29) is 53.3 Å². The first kappa shape index (κ1) is 18.9. The smallest absolute Gasteiger partial charge is 0.852 e. The molecule has 2 fully saturated rings. The van der Waals surface area contributed by atoms with Crippen molar-refractivity contribution in [1.82, 2.24) is 4.90 Å². The Morgan fingerprint density at radius 2 is 2.04 bits per heavy atom. The number of carbonyl (C=O) groups excluding carboxylic acids is 2. The van der Waals surface area contributed by atoms with E-state index in [1.165, 1.54) is 11.8 Å². The molecule has 122 valence electrons. The molecule has 0 unspecified atom stereocenters. The maximum absolute atomic E-state index is 12.2. The van der Waals surface area contributed by atoms with E-state index in [4.69, 9.17) is 4.84 Å². The van der Waals surface area contributed by atoms with E-state index in [1.807, 2.05) is 21.0 Å². The molecule has 2 saturated heterocycles. The van der Waals surface area contributed by atoms with Crippen molar-refractivity contribution in [1.29, 1.82) is 0 Å². The first-order chi connectivity index (χ1) is 10.2. The summed E-state index contributed by atoms with van der Waals surface area (Å²) in [6, 6.07) is -0.372. The van der Waals surface area contributed by atoms with E-state index >= 15 is 0 Å². The molecule has 0 saturated carbocycles. The minimum Gasteiger partial charge on any atom is -0.852 e. The first-order valence-electron chi connectivity index (χ1n) is 7.61. The van der Waals surface area contributed by atoms with E-state index in [9.17, 15) is 19.8 Å². The quantitative estimate of drug-likeness (QED) is 0.293. The molecule has 3 heterocycles. The van der Waals surface area contributed by atoms with Gasteiger partial charge >= 0.3 is 29.6 Å². The monoisotopic (exact) mass is 332 g/mol. The number of carboxylic acids is 1. The van der Waals surface area contributed by atoms with E-state index in [1.54, 1.807) is 0 Å². The van der Waals surface area contributed by atoms with Gasteiger partial charge in [-0.05, 0) is 5.57 Å². The maximum atomic E-state index is 12.2. The van der Waals surface area contributed by atoms with Crippen LogP contribution in [-0.4, -0.2) is 60.3 Å². The summed E-state index contributed by atoms with van der Waals surface area (Å²) in [6.45, 7) is 4.09. The van der Waals surface area contributed by atoms with Gasteiger partial charge in [-0.1, -0.05) is 13.8 Å². The van der Waals surface area contributed by atoms with Crippen molar-refractivity contribution in [3.63, 3.8) is 0 Å². The zero-order chi connectivity index (χ0) is 16.4. The van der Waals surface area contributed by atoms with Crippen molar-refractivity contribution in [3.8, 4) is 0 Å². The van der Waals surface area contributed by atoms with Crippen LogP contribution in [0.1, 0.15) is 20.3 Å². The number of β-lactam (4-membered cyclic amide) rings is 1. The van der Waals surface area contributed by atoms with Gasteiger partial charge in [0.05, 0.1) is 31.8 Å². The van der Waals surface area contributed by atoms with Crippen LogP contribution in [0.15, 0.2) is 11.3 Å². The Bertz CT molecular complexity index is 574. The second-order valence-corrected chi connectivity index (χ2v) is 6.99. The molecular weight excluding hydrogens is 311 g/mol. The van der Waals surface area contributed by atoms with Crippen LogP contribution in [0.3, 0.4) is 0 Å². The minimum absolute atomic E-state index is 0. The molecule has 23 heavy (non-hydrogen) atoms. The van der Waals surface area contributed by atoms with Gasteiger partial charge < -0.3 is 19.9 Å². The molecule has 5 atom stereocenters. The van der Waals surface area contributed by atoms with E-state index in [0.717, 1.165) is 6.54 Å². The average molecular weight is 332 g/mol. The Hall–Kier alpha value is -0.440. The normalized spacial score (nSPS) is 36.4. The van der Waals surface area contributed by atoms with Crippen LogP contribution in [0.2, 0.25) is 0 Å². The van der Waals surface area contributed by atoms with Crippen molar-refractivity contribution in [2.75, 3.05) is 20.6 Å². The van der Waals surface area contributed by atoms with Crippen molar-refractivity contribution < 1.29 is 58.8 Å². The summed E-state index contributed by atoms with van der Waals surface area (Å²) >= 11 is 0. The molecule has 8 heteroatoms. The molecule has 0 aromatic rings. The summed E-state index contributed by atoms with van der Waals surface area (Å²) in [5.74, 6) is -2.63. The third-order valence-corrected chi connectivity index (χ3v) is 5.09. The SMILES string of the molecule is C[C@@H]([O-])[C@H]1C(=O)N2C(C(=O)[O-])=C([C@H]3CC[N+](C)(C)O3)[C@H](C)[C@H]12.[Na+]. The number of fused-ring (bicyclic) bond motifs is 1. The number of quaternary nitrogens is 1. The molecule has 0 aliphatic carbocycles. The molecule has 3 aliphatic rings. The summed E-state index contributed by atoms with van der Waals surface area (Å²) in [6.07, 6.45) is -0.704. The van der Waals surface area contributed by atoms with Gasteiger partial charge in [0.15, 0.2) is 0 Å². The van der Waals surface area contributed by atoms with Crippen molar-refractivity contribution in [3.05, 3.63) is 11.3 Å². The molecule has 0 aromatic carbocycles. The topological polar surface area (TPSA) is 92.7 Å². The molecule has 0 N–H and O–H groups in total. The molecular formula is C15H21N2NaO5. The van der Waals surface area contributed by atoms with Crippen LogP contribution < -0.4 is 39.8 Å². The number of aliphatic carboxylic acids is 1. The maximum Gasteiger partial charge on any atom is 1.00 e. The Labute approximate surface area is 157 Å². The Balaban J connectivity index is 0.00000192. The van der Waals surface area contributed by atoms with E-state index < -0.39 is 23.9 Å². The molecule has 7 nitrogen and oxygen atoms in total. The van der Waals surface area contributed by atoms with E-state index in [2.05, 4.69) is 0 Å². The average Bonchev–Trinajstić information content (AvgIpc) is 2.85. The standard InChI is InChI=1S/C15H22N2O5.Na/c1-7-10(9-5-6-17(3,4)22-9)13(15(20)21)16-12(7)11(8(2)18)14(16)19;/h7-9,11-12H,5-6H2,1-4H3,(H,20,21);/q;+1/p-1/t7-,8+,9+,11+,12+;/m0./s1. The second-order valence-electron chi connectivity index (χ2n) is 6.99. The number of rotatable bonds is 3. The molecule has 1 amide bonds. The van der Waals surface area contributed by atoms with Crippen LogP contribution >= 0.6 is 0 Å². The Morgan fingerprint density at radius 3 is 2.48 bits per heavy atom. The minimum atomic E-state index is -1.37. The Kier molecular flexibility index (Phi) is 5.03. The number of hydrogen-bond donors (Lipinski definition) is 0. The van der Waals surface area contributed by atoms with Crippen LogP contribution in [0.25, 0.3) is 0 Å². The van der Waals surface area contributed by atoms with Crippen molar-refractivity contribution in [2.24, 2.45) is 11.8 Å². The number of hydrogen-bond acceptors (Lipinski definition) is 5. The van der Waals surface area contributed by atoms with Gasteiger partial charge in [0.1, 0.15) is 12.6 Å². The third kappa shape index (κ3) is 2.77. The van der Waals surface area contributed by atoms with E-state index in [0.29, 0.717) is 16.6 Å². The van der Waals surface area contributed by atoms with Crippen molar-refractivity contribution >= 4 is 11.9 Å². The van der Waals surface area contributed by atoms with Gasteiger partial charge in [-0.2, -0.15) is 9.48 Å². The zero-order valence-corrected chi connectivity index (χ0v) is 16.2. The Morgan fingerprint density at radius 1 is 1.43 bits per heavy atom. The van der Waals surface area contributed by atoms with Crippen LogP contribution in [0.5, 0.6) is 0 Å². The van der Waals surface area contributed by atoms with Crippen LogP contribution in [0, 0.1) is 11.8 Å². The predicted octanol–water partition coefficient (Wildman–Crippen LogP) is -5.00. The summed E-state index contributed by atoms with van der Waals surface area (Å²) < 4.78 is 0.348. The second kappa shape index (κ2) is 6.13. The van der Waals surface area contributed by atoms with Gasteiger partial charge in [0.25, 0.3) is 0 Å². The molecule has 3 aliphatic heterocycles. The van der Waals surface area contributed by atoms with Gasteiger partial charge in [0.2, 0.25) is 5.91 Å². The van der Waals surface area contributed by atoms with Gasteiger partial charge in [-0.3, -0.25) is 4.79 Å². The molecule has 0 spiro atoms.